The molecule has 0 heterocycles. The third-order valence-electron chi connectivity index (χ3n) is 4.13. The number of rotatable bonds is 5. The molecule has 1 aromatic carbocycles. The number of Topliss-reactive ketones (excluding diaryl/α,β-unsaturated/α-hetero) is 1. The second kappa shape index (κ2) is 7.34. The fraction of sp³-hybridized carbons (Fsp3) is 0.529. The maximum atomic E-state index is 12.8. The molecular weight excluding hydrogens is 269 g/mol. The van der Waals surface area contributed by atoms with Crippen LogP contribution in [0.1, 0.15) is 55.8 Å². The monoisotopic (exact) mass is 291 g/mol. The summed E-state index contributed by atoms with van der Waals surface area (Å²) in [6.07, 6.45) is 4.72. The average molecular weight is 291 g/mol. The van der Waals surface area contributed by atoms with Crippen LogP contribution >= 0.6 is 0 Å². The minimum Gasteiger partial charge on any atom is -0.353 e. The van der Waals surface area contributed by atoms with Gasteiger partial charge in [-0.1, -0.05) is 6.92 Å². The van der Waals surface area contributed by atoms with Crippen LogP contribution in [0.25, 0.3) is 0 Å². The van der Waals surface area contributed by atoms with Gasteiger partial charge >= 0.3 is 0 Å². The molecule has 0 saturated heterocycles. The van der Waals surface area contributed by atoms with Crippen molar-refractivity contribution in [1.82, 2.24) is 5.32 Å². The molecule has 4 heteroatoms. The molecule has 0 radical (unpaired) electrons. The Morgan fingerprint density at radius 1 is 1.10 bits per heavy atom. The Balaban J connectivity index is 1.73. The van der Waals surface area contributed by atoms with Crippen molar-refractivity contribution in [2.45, 2.75) is 51.5 Å². The highest BCUT2D eigenvalue weighted by Crippen LogP contribution is 2.23. The number of nitrogens with one attached hydrogen (secondary N) is 1. The average Bonchev–Trinajstić information content (AvgIpc) is 2.48. The van der Waals surface area contributed by atoms with Gasteiger partial charge in [-0.3, -0.25) is 9.59 Å². The molecule has 0 aliphatic heterocycles. The lowest BCUT2D eigenvalue weighted by molar-refractivity contribution is -0.122. The Morgan fingerprint density at radius 3 is 2.33 bits per heavy atom. The van der Waals surface area contributed by atoms with Crippen LogP contribution in [-0.4, -0.2) is 17.7 Å². The van der Waals surface area contributed by atoms with Crippen molar-refractivity contribution in [3.8, 4) is 0 Å². The standard InChI is InChI=1S/C17H22FNO2/c1-12-2-8-15(9-3-12)19-17(21)11-10-16(20)13-4-6-14(18)7-5-13/h4-7,12,15H,2-3,8-11H2,1H3,(H,19,21). The molecule has 3 nitrogen and oxygen atoms in total. The molecule has 0 unspecified atom stereocenters. The summed E-state index contributed by atoms with van der Waals surface area (Å²) in [6, 6.07) is 5.69. The molecule has 0 aromatic heterocycles. The van der Waals surface area contributed by atoms with Gasteiger partial charge in [0.15, 0.2) is 5.78 Å². The van der Waals surface area contributed by atoms with Crippen LogP contribution < -0.4 is 5.32 Å². The predicted molar refractivity (Wildman–Crippen MR) is 79.5 cm³/mol. The van der Waals surface area contributed by atoms with Crippen LogP contribution in [0.15, 0.2) is 24.3 Å². The topological polar surface area (TPSA) is 46.2 Å². The van der Waals surface area contributed by atoms with Crippen molar-refractivity contribution in [2.75, 3.05) is 0 Å². The van der Waals surface area contributed by atoms with Crippen LogP contribution in [0, 0.1) is 11.7 Å². The van der Waals surface area contributed by atoms with E-state index in [4.69, 9.17) is 0 Å². The van der Waals surface area contributed by atoms with Gasteiger partial charge in [-0.05, 0) is 55.9 Å². The van der Waals surface area contributed by atoms with Crippen LogP contribution in [0.3, 0.4) is 0 Å². The third-order valence-corrected chi connectivity index (χ3v) is 4.13. The predicted octanol–water partition coefficient (Wildman–Crippen LogP) is 3.48. The summed E-state index contributed by atoms with van der Waals surface area (Å²) < 4.78 is 12.8. The number of carbonyl (C=O) groups excluding carboxylic acids is 2. The summed E-state index contributed by atoms with van der Waals surface area (Å²) >= 11 is 0. The highest BCUT2D eigenvalue weighted by molar-refractivity contribution is 5.97. The summed E-state index contributed by atoms with van der Waals surface area (Å²) in [6.45, 7) is 2.24. The fourth-order valence-electron chi connectivity index (χ4n) is 2.71. The molecule has 0 bridgehead atoms. The Bertz CT molecular complexity index is 490. The summed E-state index contributed by atoms with van der Waals surface area (Å²) in [5.41, 5.74) is 0.454. The second-order valence-corrected chi connectivity index (χ2v) is 5.95. The summed E-state index contributed by atoms with van der Waals surface area (Å²) in [5, 5.41) is 3.00. The zero-order valence-corrected chi connectivity index (χ0v) is 12.4. The highest BCUT2D eigenvalue weighted by Gasteiger charge is 2.20. The van der Waals surface area contributed by atoms with Crippen molar-refractivity contribution in [1.29, 1.82) is 0 Å². The number of hydrogen-bond acceptors (Lipinski definition) is 2. The quantitative estimate of drug-likeness (QED) is 0.844. The minimum absolute atomic E-state index is 0.0648. The van der Waals surface area contributed by atoms with Crippen molar-refractivity contribution in [3.05, 3.63) is 35.6 Å². The first kappa shape index (κ1) is 15.7. The number of hydrogen-bond donors (Lipinski definition) is 1. The van der Waals surface area contributed by atoms with E-state index in [-0.39, 0.29) is 36.4 Å². The Morgan fingerprint density at radius 2 is 1.71 bits per heavy atom. The summed E-state index contributed by atoms with van der Waals surface area (Å²) in [4.78, 5) is 23.8. The summed E-state index contributed by atoms with van der Waals surface area (Å²) in [5.74, 6) is 0.196. The molecule has 2 rings (SSSR count). The van der Waals surface area contributed by atoms with Gasteiger partial charge in [0.05, 0.1) is 0 Å². The maximum Gasteiger partial charge on any atom is 0.220 e. The van der Waals surface area contributed by atoms with Crippen molar-refractivity contribution in [3.63, 3.8) is 0 Å². The lowest BCUT2D eigenvalue weighted by Gasteiger charge is -2.26. The number of amides is 1. The van der Waals surface area contributed by atoms with Crippen LogP contribution in [0.4, 0.5) is 4.39 Å². The lowest BCUT2D eigenvalue weighted by atomic mass is 9.87. The zero-order valence-electron chi connectivity index (χ0n) is 12.4. The van der Waals surface area contributed by atoms with Gasteiger partial charge in [0.25, 0.3) is 0 Å². The van der Waals surface area contributed by atoms with Crippen LogP contribution in [0.5, 0.6) is 0 Å². The summed E-state index contributed by atoms with van der Waals surface area (Å²) in [7, 11) is 0. The molecule has 1 aromatic rings. The molecule has 1 amide bonds. The van der Waals surface area contributed by atoms with Crippen molar-refractivity contribution in [2.24, 2.45) is 5.92 Å². The molecule has 1 aliphatic rings. The van der Waals surface area contributed by atoms with E-state index in [0.29, 0.717) is 5.56 Å². The Kier molecular flexibility index (Phi) is 5.48. The van der Waals surface area contributed by atoms with Gasteiger partial charge < -0.3 is 5.32 Å². The Labute approximate surface area is 124 Å². The van der Waals surface area contributed by atoms with E-state index in [0.717, 1.165) is 31.6 Å². The Hall–Kier alpha value is -1.71. The molecule has 1 fully saturated rings. The van der Waals surface area contributed by atoms with Gasteiger partial charge in [0, 0.05) is 24.4 Å². The number of benzene rings is 1. The van der Waals surface area contributed by atoms with E-state index in [1.807, 2.05) is 0 Å². The van der Waals surface area contributed by atoms with Crippen LogP contribution in [0.2, 0.25) is 0 Å². The lowest BCUT2D eigenvalue weighted by Crippen LogP contribution is -2.37. The maximum absolute atomic E-state index is 12.8. The van der Waals surface area contributed by atoms with Gasteiger partial charge in [0.1, 0.15) is 5.82 Å². The number of ketones is 1. The second-order valence-electron chi connectivity index (χ2n) is 5.95. The van der Waals surface area contributed by atoms with E-state index in [1.54, 1.807) is 0 Å². The van der Waals surface area contributed by atoms with Gasteiger partial charge in [-0.2, -0.15) is 0 Å². The van der Waals surface area contributed by atoms with Gasteiger partial charge in [-0.25, -0.2) is 4.39 Å². The normalized spacial score (nSPS) is 21.8. The van der Waals surface area contributed by atoms with Gasteiger partial charge in [0.2, 0.25) is 5.91 Å². The molecule has 0 spiro atoms. The molecular formula is C17H22FNO2. The smallest absolute Gasteiger partial charge is 0.220 e. The first-order valence-electron chi connectivity index (χ1n) is 7.62. The number of halogens is 1. The van der Waals surface area contributed by atoms with Crippen molar-refractivity contribution >= 4 is 11.7 Å². The molecule has 114 valence electrons. The molecule has 1 aliphatic carbocycles. The van der Waals surface area contributed by atoms with Crippen LogP contribution in [-0.2, 0) is 4.79 Å². The van der Waals surface area contributed by atoms with E-state index in [9.17, 15) is 14.0 Å². The SMILES string of the molecule is CC1CCC(NC(=O)CCC(=O)c2ccc(F)cc2)CC1. The zero-order chi connectivity index (χ0) is 15.2. The van der Waals surface area contributed by atoms with E-state index in [2.05, 4.69) is 12.2 Å². The van der Waals surface area contributed by atoms with Gasteiger partial charge in [-0.15, -0.1) is 0 Å². The highest BCUT2D eigenvalue weighted by atomic mass is 19.1. The first-order chi connectivity index (χ1) is 10.0. The van der Waals surface area contributed by atoms with E-state index >= 15 is 0 Å². The fourth-order valence-corrected chi connectivity index (χ4v) is 2.71. The van der Waals surface area contributed by atoms with E-state index in [1.165, 1.54) is 24.3 Å². The molecule has 21 heavy (non-hydrogen) atoms. The minimum atomic E-state index is -0.365. The molecule has 0 atom stereocenters. The third kappa shape index (κ3) is 4.96. The largest absolute Gasteiger partial charge is 0.353 e. The molecule has 1 N–H and O–H groups in total. The van der Waals surface area contributed by atoms with E-state index < -0.39 is 0 Å². The first-order valence-corrected chi connectivity index (χ1v) is 7.62. The van der Waals surface area contributed by atoms with Crippen molar-refractivity contribution < 1.29 is 14.0 Å². The number of carbonyl (C=O) groups is 2. The molecule has 1 saturated carbocycles.